The molecule has 0 aliphatic rings. The molecule has 4 aromatic rings. The lowest BCUT2D eigenvalue weighted by molar-refractivity contribution is 0.102. The van der Waals surface area contributed by atoms with E-state index in [4.69, 9.17) is 14.2 Å². The van der Waals surface area contributed by atoms with Gasteiger partial charge in [0.05, 0.1) is 37.3 Å². The van der Waals surface area contributed by atoms with Crippen LogP contribution in [-0.2, 0) is 10.0 Å². The van der Waals surface area contributed by atoms with Crippen LogP contribution >= 0.6 is 0 Å². The maximum absolute atomic E-state index is 13.7. The Hall–Kier alpha value is -3.85. The molecule has 32 heavy (non-hydrogen) atoms. The molecular formula is C23H20N2O6S. The van der Waals surface area contributed by atoms with Gasteiger partial charge in [0.1, 0.15) is 22.8 Å². The van der Waals surface area contributed by atoms with Crippen molar-refractivity contribution in [1.29, 1.82) is 0 Å². The number of pyridine rings is 1. The van der Waals surface area contributed by atoms with Crippen molar-refractivity contribution in [3.63, 3.8) is 0 Å². The molecule has 0 radical (unpaired) electrons. The number of ether oxygens (including phenoxy) is 3. The number of ketones is 1. The van der Waals surface area contributed by atoms with Crippen molar-refractivity contribution in [3.05, 3.63) is 78.0 Å². The summed E-state index contributed by atoms with van der Waals surface area (Å²) in [5.41, 5.74) is 0.539. The van der Waals surface area contributed by atoms with E-state index in [0.717, 1.165) is 3.97 Å². The van der Waals surface area contributed by atoms with Crippen LogP contribution in [0.15, 0.2) is 71.6 Å². The Balaban J connectivity index is 2.05. The lowest BCUT2D eigenvalue weighted by Crippen LogP contribution is -2.19. The summed E-state index contributed by atoms with van der Waals surface area (Å²) in [7, 11) is 0.174. The lowest BCUT2D eigenvalue weighted by Gasteiger charge is -2.14. The molecule has 2 aromatic heterocycles. The molecule has 0 bridgehead atoms. The summed E-state index contributed by atoms with van der Waals surface area (Å²) in [6, 6.07) is 17.3. The monoisotopic (exact) mass is 452 g/mol. The second-order valence-electron chi connectivity index (χ2n) is 6.74. The van der Waals surface area contributed by atoms with Crippen molar-refractivity contribution in [3.8, 4) is 17.4 Å². The van der Waals surface area contributed by atoms with E-state index in [1.807, 2.05) is 0 Å². The zero-order chi connectivity index (χ0) is 22.9. The van der Waals surface area contributed by atoms with Crippen LogP contribution < -0.4 is 14.2 Å². The number of nitrogens with zero attached hydrogens (tertiary/aromatic N) is 2. The molecule has 0 aliphatic heterocycles. The summed E-state index contributed by atoms with van der Waals surface area (Å²) in [6.45, 7) is 0. The van der Waals surface area contributed by atoms with Gasteiger partial charge in [-0.3, -0.25) is 4.79 Å². The van der Waals surface area contributed by atoms with E-state index in [0.29, 0.717) is 11.4 Å². The molecule has 0 fully saturated rings. The quantitative estimate of drug-likeness (QED) is 0.396. The van der Waals surface area contributed by atoms with Crippen molar-refractivity contribution in [2.75, 3.05) is 21.3 Å². The first-order chi connectivity index (χ1) is 15.4. The first kappa shape index (κ1) is 21.4. The van der Waals surface area contributed by atoms with Crippen molar-refractivity contribution in [2.45, 2.75) is 4.90 Å². The van der Waals surface area contributed by atoms with Crippen LogP contribution in [0.2, 0.25) is 0 Å². The molecule has 0 spiro atoms. The lowest BCUT2D eigenvalue weighted by atomic mass is 10.1. The maximum atomic E-state index is 13.7. The minimum Gasteiger partial charge on any atom is -0.496 e. The third kappa shape index (κ3) is 3.46. The van der Waals surface area contributed by atoms with E-state index in [1.165, 1.54) is 45.6 Å². The van der Waals surface area contributed by atoms with Crippen molar-refractivity contribution < 1.29 is 27.4 Å². The zero-order valence-electron chi connectivity index (χ0n) is 17.6. The van der Waals surface area contributed by atoms with Gasteiger partial charge in [0.15, 0.2) is 0 Å². The minimum absolute atomic E-state index is 0.0364. The number of benzene rings is 2. The minimum atomic E-state index is -4.13. The Kier molecular flexibility index (Phi) is 5.58. The van der Waals surface area contributed by atoms with Crippen LogP contribution in [-0.4, -0.2) is 44.5 Å². The molecule has 2 heterocycles. The number of aromatic nitrogens is 2. The Labute approximate surface area is 185 Å². The van der Waals surface area contributed by atoms with E-state index in [1.54, 1.807) is 42.5 Å². The number of methoxy groups -OCH3 is 3. The second-order valence-corrected chi connectivity index (χ2v) is 8.52. The third-order valence-corrected chi connectivity index (χ3v) is 6.71. The maximum Gasteiger partial charge on any atom is 0.268 e. The summed E-state index contributed by atoms with van der Waals surface area (Å²) in [5.74, 6) is 0.221. The van der Waals surface area contributed by atoms with Gasteiger partial charge in [0.2, 0.25) is 11.7 Å². The summed E-state index contributed by atoms with van der Waals surface area (Å²) in [4.78, 5) is 18.1. The standard InChI is InChI=1S/C23H20N2O6S/c1-29-19-10-7-11-20(30-2)22(19)23(26)18-14-16-17(12-13-21(24-16)31-3)25(18)32(27,28)15-8-5-4-6-9-15/h4-14H,1-3H3. The van der Waals surface area contributed by atoms with Gasteiger partial charge in [-0.15, -0.1) is 0 Å². The molecule has 0 N–H and O–H groups in total. The van der Waals surface area contributed by atoms with Crippen LogP contribution in [0.5, 0.6) is 17.4 Å². The number of carbonyl (C=O) groups is 1. The highest BCUT2D eigenvalue weighted by molar-refractivity contribution is 7.90. The fourth-order valence-corrected chi connectivity index (χ4v) is 5.00. The van der Waals surface area contributed by atoms with Gasteiger partial charge < -0.3 is 14.2 Å². The molecule has 8 nitrogen and oxygen atoms in total. The molecule has 0 saturated carbocycles. The molecule has 9 heteroatoms. The Morgan fingerprint density at radius 3 is 2.09 bits per heavy atom. The molecular weight excluding hydrogens is 432 g/mol. The van der Waals surface area contributed by atoms with Gasteiger partial charge in [-0.2, -0.15) is 0 Å². The van der Waals surface area contributed by atoms with E-state index in [2.05, 4.69) is 4.98 Å². The molecule has 0 unspecified atom stereocenters. The number of fused-ring (bicyclic) bond motifs is 1. The molecule has 2 aromatic carbocycles. The predicted octanol–water partition coefficient (Wildman–Crippen LogP) is 3.53. The second kappa shape index (κ2) is 8.35. The van der Waals surface area contributed by atoms with Crippen LogP contribution in [0, 0.1) is 0 Å². The summed E-state index contributed by atoms with van der Waals surface area (Å²) in [5, 5.41) is 0. The van der Waals surface area contributed by atoms with Gasteiger partial charge >= 0.3 is 0 Å². The zero-order valence-corrected chi connectivity index (χ0v) is 18.4. The number of carbonyl (C=O) groups excluding carboxylic acids is 1. The first-order valence-corrected chi connectivity index (χ1v) is 11.0. The summed E-state index contributed by atoms with van der Waals surface area (Å²) >= 11 is 0. The van der Waals surface area contributed by atoms with Gasteiger partial charge in [-0.1, -0.05) is 24.3 Å². The molecule has 0 atom stereocenters. The predicted molar refractivity (Wildman–Crippen MR) is 118 cm³/mol. The van der Waals surface area contributed by atoms with Crippen LogP contribution in [0.3, 0.4) is 0 Å². The van der Waals surface area contributed by atoms with E-state index >= 15 is 0 Å². The van der Waals surface area contributed by atoms with Gasteiger partial charge in [-0.25, -0.2) is 17.4 Å². The molecule has 4 rings (SSSR count). The molecule has 0 amide bonds. The van der Waals surface area contributed by atoms with Gasteiger partial charge in [-0.05, 0) is 36.4 Å². The van der Waals surface area contributed by atoms with Crippen LogP contribution in [0.1, 0.15) is 16.1 Å². The number of hydrogen-bond acceptors (Lipinski definition) is 7. The summed E-state index contributed by atoms with van der Waals surface area (Å²) < 4.78 is 44.1. The highest BCUT2D eigenvalue weighted by Gasteiger charge is 2.30. The van der Waals surface area contributed by atoms with Crippen LogP contribution in [0.25, 0.3) is 11.0 Å². The van der Waals surface area contributed by atoms with Gasteiger partial charge in [0, 0.05) is 6.07 Å². The number of hydrogen-bond donors (Lipinski definition) is 0. The van der Waals surface area contributed by atoms with Crippen molar-refractivity contribution in [2.24, 2.45) is 0 Å². The van der Waals surface area contributed by atoms with Crippen molar-refractivity contribution in [1.82, 2.24) is 8.96 Å². The smallest absolute Gasteiger partial charge is 0.268 e. The normalized spacial score (nSPS) is 11.3. The highest BCUT2D eigenvalue weighted by Crippen LogP contribution is 2.34. The average molecular weight is 452 g/mol. The third-order valence-electron chi connectivity index (χ3n) is 4.97. The first-order valence-electron chi connectivity index (χ1n) is 9.55. The van der Waals surface area contributed by atoms with Crippen molar-refractivity contribution >= 4 is 26.8 Å². The molecule has 164 valence electrons. The Morgan fingerprint density at radius 2 is 1.50 bits per heavy atom. The summed E-state index contributed by atoms with van der Waals surface area (Å²) in [6.07, 6.45) is 0. The average Bonchev–Trinajstić information content (AvgIpc) is 3.23. The van der Waals surface area contributed by atoms with E-state index in [-0.39, 0.29) is 33.2 Å². The fourth-order valence-electron chi connectivity index (χ4n) is 3.48. The largest absolute Gasteiger partial charge is 0.496 e. The highest BCUT2D eigenvalue weighted by atomic mass is 32.2. The fraction of sp³-hybridized carbons (Fsp3) is 0.130. The SMILES string of the molecule is COc1ccc2c(cc(C(=O)c3c(OC)cccc3OC)n2S(=O)(=O)c2ccccc2)n1. The van der Waals surface area contributed by atoms with E-state index in [9.17, 15) is 13.2 Å². The topological polar surface area (TPSA) is 96.7 Å². The van der Waals surface area contributed by atoms with E-state index < -0.39 is 15.8 Å². The van der Waals surface area contributed by atoms with Crippen LogP contribution in [0.4, 0.5) is 0 Å². The molecule has 0 aliphatic carbocycles. The Morgan fingerprint density at radius 1 is 0.844 bits per heavy atom. The molecule has 0 saturated heterocycles. The van der Waals surface area contributed by atoms with Gasteiger partial charge in [0.25, 0.3) is 10.0 Å². The Bertz CT molecular complexity index is 1390. The number of rotatable bonds is 7.